The fourth-order valence-electron chi connectivity index (χ4n) is 2.51. The Morgan fingerprint density at radius 1 is 1.14 bits per heavy atom. The maximum atomic E-state index is 12.4. The molecule has 1 amide bonds. The second-order valence-electron chi connectivity index (χ2n) is 5.87. The van der Waals surface area contributed by atoms with E-state index in [1.54, 1.807) is 42.5 Å². The Labute approximate surface area is 164 Å². The summed E-state index contributed by atoms with van der Waals surface area (Å²) in [5, 5.41) is 3.52. The zero-order valence-electron chi connectivity index (χ0n) is 15.0. The molecule has 1 N–H and O–H groups in total. The van der Waals surface area contributed by atoms with Crippen LogP contribution < -0.4 is 15.7 Å². The first-order chi connectivity index (χ1) is 13.4. The summed E-state index contributed by atoms with van der Waals surface area (Å²) in [6.45, 7) is 1.39. The summed E-state index contributed by atoms with van der Waals surface area (Å²) in [7, 11) is 1.44. The molecule has 0 aliphatic heterocycles. The number of fused-ring (bicyclic) bond motifs is 1. The highest BCUT2D eigenvalue weighted by atomic mass is 35.5. The number of hydrogen-bond donors (Lipinski definition) is 1. The van der Waals surface area contributed by atoms with E-state index < -0.39 is 23.6 Å². The van der Waals surface area contributed by atoms with Crippen molar-refractivity contribution in [1.29, 1.82) is 0 Å². The summed E-state index contributed by atoms with van der Waals surface area (Å²) < 4.78 is 15.4. The molecule has 0 spiro atoms. The number of hydrogen-bond acceptors (Lipinski definition) is 6. The van der Waals surface area contributed by atoms with Gasteiger partial charge in [0.2, 0.25) is 0 Å². The van der Waals surface area contributed by atoms with Crippen molar-refractivity contribution in [2.45, 2.75) is 13.0 Å². The number of para-hydroxylation sites is 1. The Morgan fingerprint density at radius 3 is 2.61 bits per heavy atom. The van der Waals surface area contributed by atoms with Crippen molar-refractivity contribution >= 4 is 40.1 Å². The molecule has 0 saturated heterocycles. The van der Waals surface area contributed by atoms with Crippen LogP contribution in [-0.4, -0.2) is 25.1 Å². The van der Waals surface area contributed by atoms with Crippen LogP contribution in [0.2, 0.25) is 5.02 Å². The predicted octanol–water partition coefficient (Wildman–Crippen LogP) is 3.64. The Kier molecular flexibility index (Phi) is 5.65. The highest BCUT2D eigenvalue weighted by Gasteiger charge is 2.23. The Hall–Kier alpha value is -3.32. The van der Waals surface area contributed by atoms with Gasteiger partial charge in [-0.25, -0.2) is 9.59 Å². The molecule has 0 bridgehead atoms. The molecule has 28 heavy (non-hydrogen) atoms. The van der Waals surface area contributed by atoms with Crippen LogP contribution in [0, 0.1) is 0 Å². The molecule has 0 radical (unpaired) electrons. The van der Waals surface area contributed by atoms with E-state index in [0.717, 1.165) is 0 Å². The number of ether oxygens (including phenoxy) is 2. The van der Waals surface area contributed by atoms with Crippen molar-refractivity contribution in [1.82, 2.24) is 0 Å². The molecular weight excluding hydrogens is 386 g/mol. The number of rotatable bonds is 5. The predicted molar refractivity (Wildman–Crippen MR) is 104 cm³/mol. The fraction of sp³-hybridized carbons (Fsp3) is 0.150. The molecule has 144 valence electrons. The summed E-state index contributed by atoms with van der Waals surface area (Å²) in [4.78, 5) is 36.8. The van der Waals surface area contributed by atoms with Gasteiger partial charge in [0.1, 0.15) is 5.56 Å². The quantitative estimate of drug-likeness (QED) is 0.518. The third-order valence-corrected chi connectivity index (χ3v) is 4.14. The normalized spacial score (nSPS) is 11.7. The van der Waals surface area contributed by atoms with E-state index in [1.807, 2.05) is 0 Å². The van der Waals surface area contributed by atoms with E-state index in [4.69, 9.17) is 25.5 Å². The Balaban J connectivity index is 1.77. The number of methoxy groups -OCH3 is 1. The maximum Gasteiger partial charge on any atom is 0.351 e. The van der Waals surface area contributed by atoms with Gasteiger partial charge >= 0.3 is 11.6 Å². The minimum absolute atomic E-state index is 0.221. The number of esters is 1. The average molecular weight is 402 g/mol. The fourth-order valence-corrected chi connectivity index (χ4v) is 2.70. The third-order valence-electron chi connectivity index (χ3n) is 3.91. The molecular formula is C20H16ClNO6. The van der Waals surface area contributed by atoms with Crippen LogP contribution in [0.4, 0.5) is 5.69 Å². The number of nitrogens with one attached hydrogen (secondary N) is 1. The van der Waals surface area contributed by atoms with Gasteiger partial charge in [-0.1, -0.05) is 29.8 Å². The van der Waals surface area contributed by atoms with Crippen molar-refractivity contribution in [3.63, 3.8) is 0 Å². The SMILES string of the molecule is COc1cccc2cc(C(=O)OC(C)C(=O)Nc3cccc(Cl)c3)c(=O)oc12. The summed E-state index contributed by atoms with van der Waals surface area (Å²) in [6.07, 6.45) is -1.15. The largest absolute Gasteiger partial charge is 0.493 e. The van der Waals surface area contributed by atoms with Gasteiger partial charge < -0.3 is 19.2 Å². The first-order valence-electron chi connectivity index (χ1n) is 8.27. The molecule has 0 fully saturated rings. The van der Waals surface area contributed by atoms with E-state index in [2.05, 4.69) is 5.32 Å². The van der Waals surface area contributed by atoms with Crippen LogP contribution >= 0.6 is 11.6 Å². The van der Waals surface area contributed by atoms with Crippen molar-refractivity contribution in [2.24, 2.45) is 0 Å². The zero-order chi connectivity index (χ0) is 20.3. The second-order valence-corrected chi connectivity index (χ2v) is 6.31. The Morgan fingerprint density at radius 2 is 1.89 bits per heavy atom. The molecule has 3 rings (SSSR count). The van der Waals surface area contributed by atoms with Gasteiger partial charge in [0.25, 0.3) is 5.91 Å². The van der Waals surface area contributed by atoms with Gasteiger partial charge in [-0.2, -0.15) is 0 Å². The second kappa shape index (κ2) is 8.14. The van der Waals surface area contributed by atoms with Crippen LogP contribution in [0.1, 0.15) is 17.3 Å². The summed E-state index contributed by atoms with van der Waals surface area (Å²) in [5.41, 5.74) is -0.524. The molecule has 1 heterocycles. The summed E-state index contributed by atoms with van der Waals surface area (Å²) in [6, 6.07) is 12.9. The smallest absolute Gasteiger partial charge is 0.351 e. The first-order valence-corrected chi connectivity index (χ1v) is 8.65. The van der Waals surface area contributed by atoms with Gasteiger partial charge in [0.15, 0.2) is 17.4 Å². The number of halogens is 1. The highest BCUT2D eigenvalue weighted by Crippen LogP contribution is 2.24. The summed E-state index contributed by atoms with van der Waals surface area (Å²) in [5.74, 6) is -1.17. The van der Waals surface area contributed by atoms with Crippen molar-refractivity contribution in [3.05, 3.63) is 69.5 Å². The topological polar surface area (TPSA) is 94.8 Å². The van der Waals surface area contributed by atoms with Gasteiger partial charge in [-0.15, -0.1) is 0 Å². The van der Waals surface area contributed by atoms with Crippen molar-refractivity contribution in [2.75, 3.05) is 12.4 Å². The van der Waals surface area contributed by atoms with Crippen molar-refractivity contribution < 1.29 is 23.5 Å². The lowest BCUT2D eigenvalue weighted by Crippen LogP contribution is -2.31. The van der Waals surface area contributed by atoms with Crippen LogP contribution in [0.5, 0.6) is 5.75 Å². The molecule has 7 nitrogen and oxygen atoms in total. The van der Waals surface area contributed by atoms with E-state index in [9.17, 15) is 14.4 Å². The minimum Gasteiger partial charge on any atom is -0.493 e. The lowest BCUT2D eigenvalue weighted by Gasteiger charge is -2.13. The van der Waals surface area contributed by atoms with Crippen LogP contribution in [-0.2, 0) is 9.53 Å². The lowest BCUT2D eigenvalue weighted by molar-refractivity contribution is -0.123. The van der Waals surface area contributed by atoms with E-state index in [0.29, 0.717) is 21.8 Å². The maximum absolute atomic E-state index is 12.4. The number of anilines is 1. The van der Waals surface area contributed by atoms with Gasteiger partial charge in [-0.05, 0) is 37.3 Å². The molecule has 0 aliphatic rings. The van der Waals surface area contributed by atoms with Crippen LogP contribution in [0.25, 0.3) is 11.0 Å². The monoisotopic (exact) mass is 401 g/mol. The molecule has 0 saturated carbocycles. The molecule has 8 heteroatoms. The minimum atomic E-state index is -1.15. The van der Waals surface area contributed by atoms with E-state index in [-0.39, 0.29) is 11.1 Å². The van der Waals surface area contributed by atoms with Gasteiger partial charge in [0, 0.05) is 16.1 Å². The third kappa shape index (κ3) is 4.15. The first kappa shape index (κ1) is 19.4. The lowest BCUT2D eigenvalue weighted by atomic mass is 10.1. The van der Waals surface area contributed by atoms with Crippen LogP contribution in [0.15, 0.2) is 57.7 Å². The molecule has 0 aliphatic carbocycles. The van der Waals surface area contributed by atoms with E-state index >= 15 is 0 Å². The van der Waals surface area contributed by atoms with Crippen molar-refractivity contribution in [3.8, 4) is 5.75 Å². The number of carbonyl (C=O) groups excluding carboxylic acids is 2. The van der Waals surface area contributed by atoms with E-state index in [1.165, 1.54) is 20.1 Å². The summed E-state index contributed by atoms with van der Waals surface area (Å²) >= 11 is 5.87. The molecule has 2 aromatic carbocycles. The number of benzene rings is 2. The highest BCUT2D eigenvalue weighted by molar-refractivity contribution is 6.30. The standard InChI is InChI=1S/C20H16ClNO6/c1-11(18(23)22-14-7-4-6-13(21)10-14)27-19(24)15-9-12-5-3-8-16(26-2)17(12)28-20(15)25/h3-11H,1-2H3,(H,22,23). The molecule has 3 aromatic rings. The van der Waals surface area contributed by atoms with Gasteiger partial charge in [-0.3, -0.25) is 4.79 Å². The van der Waals surface area contributed by atoms with Crippen LogP contribution in [0.3, 0.4) is 0 Å². The zero-order valence-corrected chi connectivity index (χ0v) is 15.8. The molecule has 1 atom stereocenters. The van der Waals surface area contributed by atoms with Gasteiger partial charge in [0.05, 0.1) is 7.11 Å². The Bertz CT molecular complexity index is 1110. The molecule has 1 unspecified atom stereocenters. The average Bonchev–Trinajstić information content (AvgIpc) is 2.66. The number of carbonyl (C=O) groups is 2. The molecule has 1 aromatic heterocycles. The number of amides is 1.